The number of carbonyl (C=O) groups is 3. The number of carbonyl (C=O) groups excluding carboxylic acids is 3. The van der Waals surface area contributed by atoms with E-state index in [2.05, 4.69) is 6.08 Å². The van der Waals surface area contributed by atoms with Crippen molar-refractivity contribution in [1.82, 2.24) is 4.90 Å². The molecule has 2 saturated heterocycles. The normalized spacial score (nSPS) is 32.5. The molecule has 2 aromatic carbocycles. The molecule has 220 valence electrons. The maximum Gasteiger partial charge on any atom is 0.311 e. The highest BCUT2D eigenvalue weighted by Crippen LogP contribution is 2.66. The topological polar surface area (TPSA) is 87.2 Å². The summed E-state index contributed by atoms with van der Waals surface area (Å²) in [7, 11) is 0. The monoisotopic (exact) mass is 606 g/mol. The fraction of sp³-hybridized carbons (Fsp3) is 0.424. The van der Waals surface area contributed by atoms with E-state index in [9.17, 15) is 19.5 Å². The molecule has 2 fully saturated rings. The van der Waals surface area contributed by atoms with Gasteiger partial charge in [-0.2, -0.15) is 0 Å². The fourth-order valence-electron chi connectivity index (χ4n) is 7.27. The first-order chi connectivity index (χ1) is 20.2. The van der Waals surface area contributed by atoms with E-state index in [0.29, 0.717) is 22.9 Å². The lowest BCUT2D eigenvalue weighted by Crippen LogP contribution is -2.54. The molecule has 1 N–H and O–H groups in total. The number of amides is 2. The number of allylic oxidation sites excluding steroid dienone is 1. The molecule has 1 unspecified atom stereocenters. The van der Waals surface area contributed by atoms with Gasteiger partial charge in [-0.1, -0.05) is 78.4 Å². The van der Waals surface area contributed by atoms with Crippen molar-refractivity contribution >= 4 is 46.8 Å². The van der Waals surface area contributed by atoms with Crippen molar-refractivity contribution in [3.8, 4) is 0 Å². The van der Waals surface area contributed by atoms with Crippen LogP contribution < -0.4 is 4.90 Å². The predicted molar refractivity (Wildman–Crippen MR) is 164 cm³/mol. The van der Waals surface area contributed by atoms with Crippen LogP contribution in [-0.4, -0.2) is 63.1 Å². The summed E-state index contributed by atoms with van der Waals surface area (Å²) in [5.41, 5.74) is 2.14. The number of likely N-dealkylation sites (tertiary alicyclic amines) is 1. The van der Waals surface area contributed by atoms with Crippen LogP contribution in [0.3, 0.4) is 0 Å². The first kappa shape index (κ1) is 29.0. The Morgan fingerprint density at radius 3 is 2.55 bits per heavy atom. The van der Waals surface area contributed by atoms with Gasteiger partial charge in [0.05, 0.1) is 46.5 Å². The number of thioether (sulfide) groups is 1. The number of nitrogens with zero attached hydrogens (tertiary/aromatic N) is 2. The van der Waals surface area contributed by atoms with E-state index in [1.807, 2.05) is 74.5 Å². The van der Waals surface area contributed by atoms with Crippen LogP contribution in [0.5, 0.6) is 0 Å². The lowest BCUT2D eigenvalue weighted by molar-refractivity contribution is -0.154. The molecule has 0 aliphatic carbocycles. The minimum atomic E-state index is -1.07. The first-order valence-electron chi connectivity index (χ1n) is 14.5. The zero-order valence-corrected chi connectivity index (χ0v) is 25.3. The van der Waals surface area contributed by atoms with Crippen LogP contribution in [0.2, 0.25) is 5.02 Å². The van der Waals surface area contributed by atoms with E-state index in [1.54, 1.807) is 15.9 Å². The molecule has 4 aliphatic heterocycles. The van der Waals surface area contributed by atoms with Crippen LogP contribution in [0.4, 0.5) is 5.69 Å². The third kappa shape index (κ3) is 4.50. The predicted octanol–water partition coefficient (Wildman–Crippen LogP) is 5.26. The second-order valence-corrected chi connectivity index (χ2v) is 13.9. The molecule has 7 nitrogen and oxygen atoms in total. The van der Waals surface area contributed by atoms with Gasteiger partial charge in [0.25, 0.3) is 5.91 Å². The smallest absolute Gasteiger partial charge is 0.311 e. The van der Waals surface area contributed by atoms with E-state index in [0.717, 1.165) is 24.8 Å². The average Bonchev–Trinajstić information content (AvgIpc) is 3.30. The summed E-state index contributed by atoms with van der Waals surface area (Å²) in [4.78, 5) is 46.7. The van der Waals surface area contributed by atoms with Crippen LogP contribution in [0, 0.1) is 18.8 Å². The fourth-order valence-corrected chi connectivity index (χ4v) is 9.73. The molecule has 9 heteroatoms. The quantitative estimate of drug-likeness (QED) is 0.378. The molecule has 0 bridgehead atoms. The van der Waals surface area contributed by atoms with E-state index < -0.39 is 39.4 Å². The van der Waals surface area contributed by atoms with E-state index in [-0.39, 0.29) is 25.0 Å². The molecule has 6 rings (SSSR count). The number of aliphatic hydroxyl groups is 1. The number of aliphatic hydroxyl groups excluding tert-OH is 1. The SMILES string of the molecule is Cc1cccc(Cl)c1N1CC=C[C@]23S[C@@]4(C)/C=C\CCCCOC(=O)[C@H]4[C@H]2C(=O)N([C@H](CO)c2ccccc2)C3C1=O. The van der Waals surface area contributed by atoms with Gasteiger partial charge in [-0.25, -0.2) is 0 Å². The maximum absolute atomic E-state index is 14.9. The average molecular weight is 607 g/mol. The Morgan fingerprint density at radius 2 is 1.81 bits per heavy atom. The van der Waals surface area contributed by atoms with Crippen LogP contribution in [0.1, 0.15) is 43.4 Å². The van der Waals surface area contributed by atoms with Gasteiger partial charge in [-0.3, -0.25) is 14.4 Å². The third-order valence-corrected chi connectivity index (χ3v) is 11.2. The molecule has 4 heterocycles. The number of esters is 1. The van der Waals surface area contributed by atoms with Crippen molar-refractivity contribution in [2.45, 2.75) is 54.7 Å². The minimum Gasteiger partial charge on any atom is -0.465 e. The van der Waals surface area contributed by atoms with Gasteiger partial charge in [0.15, 0.2) is 0 Å². The first-order valence-corrected chi connectivity index (χ1v) is 15.7. The number of fused-ring (bicyclic) bond motifs is 2. The molecule has 0 saturated carbocycles. The molecular weight excluding hydrogens is 572 g/mol. The number of anilines is 1. The highest BCUT2D eigenvalue weighted by atomic mass is 35.5. The highest BCUT2D eigenvalue weighted by Gasteiger charge is 2.74. The van der Waals surface area contributed by atoms with Crippen LogP contribution in [0.25, 0.3) is 0 Å². The largest absolute Gasteiger partial charge is 0.465 e. The number of para-hydroxylation sites is 1. The summed E-state index contributed by atoms with van der Waals surface area (Å²) < 4.78 is 3.92. The van der Waals surface area contributed by atoms with Crippen LogP contribution in [0.15, 0.2) is 72.8 Å². The van der Waals surface area contributed by atoms with Gasteiger partial charge < -0.3 is 19.6 Å². The van der Waals surface area contributed by atoms with E-state index in [4.69, 9.17) is 16.3 Å². The Labute approximate surface area is 255 Å². The number of halogens is 1. The maximum atomic E-state index is 14.9. The second-order valence-electron chi connectivity index (χ2n) is 11.7. The molecule has 0 radical (unpaired) electrons. The molecule has 2 aromatic rings. The highest BCUT2D eigenvalue weighted by molar-refractivity contribution is 8.02. The van der Waals surface area contributed by atoms with Gasteiger partial charge >= 0.3 is 5.97 Å². The Kier molecular flexibility index (Phi) is 7.75. The lowest BCUT2D eigenvalue weighted by atomic mass is 9.74. The molecule has 2 amide bonds. The summed E-state index contributed by atoms with van der Waals surface area (Å²) in [6.07, 6.45) is 10.5. The molecule has 42 heavy (non-hydrogen) atoms. The minimum absolute atomic E-state index is 0.258. The molecule has 0 aromatic heterocycles. The van der Waals surface area contributed by atoms with Gasteiger partial charge in [0.2, 0.25) is 5.91 Å². The zero-order chi connectivity index (χ0) is 29.6. The number of rotatable bonds is 4. The summed E-state index contributed by atoms with van der Waals surface area (Å²) in [5.74, 6) is -2.71. The molecule has 1 spiro atoms. The Hall–Kier alpha value is -3.07. The summed E-state index contributed by atoms with van der Waals surface area (Å²) in [5, 5.41) is 11.2. The second kappa shape index (κ2) is 11.2. The Bertz CT molecular complexity index is 1440. The lowest BCUT2D eigenvalue weighted by Gasteiger charge is -2.40. The van der Waals surface area contributed by atoms with Crippen molar-refractivity contribution < 1.29 is 24.2 Å². The number of ether oxygens (including phenoxy) is 1. The number of aryl methyl sites for hydroxylation is 1. The summed E-state index contributed by atoms with van der Waals surface area (Å²) >= 11 is 8.17. The summed E-state index contributed by atoms with van der Waals surface area (Å²) in [6, 6.07) is 13.0. The van der Waals surface area contributed by atoms with Gasteiger partial charge in [-0.15, -0.1) is 11.8 Å². The van der Waals surface area contributed by atoms with Crippen molar-refractivity contribution in [1.29, 1.82) is 0 Å². The Balaban J connectivity index is 1.56. The molecule has 4 aliphatic rings. The van der Waals surface area contributed by atoms with Crippen molar-refractivity contribution in [2.75, 3.05) is 24.7 Å². The number of benzene rings is 2. The van der Waals surface area contributed by atoms with E-state index >= 15 is 0 Å². The van der Waals surface area contributed by atoms with E-state index in [1.165, 1.54) is 11.8 Å². The van der Waals surface area contributed by atoms with Crippen LogP contribution in [-0.2, 0) is 19.1 Å². The van der Waals surface area contributed by atoms with Crippen molar-refractivity contribution in [3.63, 3.8) is 0 Å². The number of hydrogen-bond donors (Lipinski definition) is 1. The number of cyclic esters (lactones) is 1. The third-order valence-electron chi connectivity index (χ3n) is 9.09. The number of hydrogen-bond acceptors (Lipinski definition) is 6. The molecule has 6 atom stereocenters. The standard InChI is InChI=1S/C33H35ClN2O5S/c1-21-12-10-15-23(34)27(21)35-18-11-17-33-25(26-31(40)41-19-9-4-3-8-16-32(26,2)42-33)29(38)36(28(33)30(35)39)24(20-37)22-13-6-5-7-14-22/h5-8,10-17,24-26,28,37H,3-4,9,18-20H2,1-2H3/b16-8-/t24-,25+,26-,28?,32+,33+/m1/s1. The summed E-state index contributed by atoms with van der Waals surface area (Å²) in [6.45, 7) is 4.05. The Morgan fingerprint density at radius 1 is 1.02 bits per heavy atom. The van der Waals surface area contributed by atoms with Gasteiger partial charge in [0, 0.05) is 11.3 Å². The van der Waals surface area contributed by atoms with Gasteiger partial charge in [0.1, 0.15) is 6.04 Å². The van der Waals surface area contributed by atoms with Crippen molar-refractivity contribution in [2.24, 2.45) is 11.8 Å². The zero-order valence-electron chi connectivity index (χ0n) is 23.7. The van der Waals surface area contributed by atoms with Crippen LogP contribution >= 0.6 is 23.4 Å². The van der Waals surface area contributed by atoms with Crippen molar-refractivity contribution in [3.05, 3.63) is 89.0 Å². The van der Waals surface area contributed by atoms with Gasteiger partial charge in [-0.05, 0) is 50.3 Å². The molecular formula is C33H35ClN2O5S.